The molecule has 13 nitrogen and oxygen atoms in total. The second kappa shape index (κ2) is 8.78. The molecule has 0 saturated heterocycles. The summed E-state index contributed by atoms with van der Waals surface area (Å²) in [4.78, 5) is 31.6. The minimum Gasteiger partial charge on any atom is -0.447 e. The third-order valence-corrected chi connectivity index (χ3v) is 4.67. The van der Waals surface area contributed by atoms with E-state index in [0.29, 0.717) is 6.21 Å². The first kappa shape index (κ1) is 20.1. The predicted octanol–water partition coefficient (Wildman–Crippen LogP) is 0.819. The van der Waals surface area contributed by atoms with Gasteiger partial charge in [-0.1, -0.05) is 0 Å². The second-order valence-electron chi connectivity index (χ2n) is 4.12. The van der Waals surface area contributed by atoms with Crippen molar-refractivity contribution in [1.29, 1.82) is 0 Å². The molecule has 25 heavy (non-hydrogen) atoms. The van der Waals surface area contributed by atoms with E-state index >= 15 is 0 Å². The third-order valence-electron chi connectivity index (χ3n) is 2.72. The monoisotopic (exact) mass is 374 g/mol. The van der Waals surface area contributed by atoms with Crippen LogP contribution in [0.5, 0.6) is 0 Å². The Morgan fingerprint density at radius 3 is 2.24 bits per heavy atom. The lowest BCUT2D eigenvalue weighted by atomic mass is 10.2. The van der Waals surface area contributed by atoms with Crippen LogP contribution in [0.1, 0.15) is 0 Å². The molecule has 0 aliphatic carbocycles. The van der Waals surface area contributed by atoms with Crippen LogP contribution < -0.4 is 5.43 Å². The molecule has 0 bridgehead atoms. The normalized spacial score (nSPS) is 11.3. The van der Waals surface area contributed by atoms with E-state index in [9.17, 15) is 25.0 Å². The number of hydrogen-bond acceptors (Lipinski definition) is 11. The summed E-state index contributed by atoms with van der Waals surface area (Å²) in [5.41, 5.74) is 1.02. The van der Waals surface area contributed by atoms with Crippen molar-refractivity contribution in [2.24, 2.45) is 5.10 Å². The lowest BCUT2D eigenvalue weighted by Crippen LogP contribution is -2.48. The topological polar surface area (TPSA) is 165 Å². The van der Waals surface area contributed by atoms with Gasteiger partial charge in [-0.25, -0.2) is 4.79 Å². The number of non-ortho nitro benzene ring substituents is 1. The maximum atomic E-state index is 11.6. The van der Waals surface area contributed by atoms with Crippen LogP contribution >= 0.6 is 0 Å². The van der Waals surface area contributed by atoms with Gasteiger partial charge in [0.25, 0.3) is 5.69 Å². The van der Waals surface area contributed by atoms with E-state index in [4.69, 9.17) is 17.7 Å². The molecule has 0 aliphatic heterocycles. The first-order valence-electron chi connectivity index (χ1n) is 6.39. The van der Waals surface area contributed by atoms with E-state index in [2.05, 4.69) is 10.5 Å². The minimum absolute atomic E-state index is 0.159. The highest BCUT2D eigenvalue weighted by Crippen LogP contribution is 2.28. The Balaban J connectivity index is 2.87. The van der Waals surface area contributed by atoms with Crippen LogP contribution in [-0.2, 0) is 22.5 Å². The summed E-state index contributed by atoms with van der Waals surface area (Å²) in [6.45, 7) is 0. The maximum absolute atomic E-state index is 11.6. The van der Waals surface area contributed by atoms with Crippen molar-refractivity contribution >= 4 is 38.3 Å². The van der Waals surface area contributed by atoms with Gasteiger partial charge >= 0.3 is 20.7 Å². The van der Waals surface area contributed by atoms with Crippen molar-refractivity contribution in [3.05, 3.63) is 38.4 Å². The molecule has 14 heteroatoms. The molecule has 0 aliphatic rings. The van der Waals surface area contributed by atoms with Gasteiger partial charge in [-0.05, 0) is 6.07 Å². The molecule has 0 unspecified atom stereocenters. The molecule has 1 aromatic carbocycles. The minimum atomic E-state index is -3.61. The molecule has 0 saturated carbocycles. The maximum Gasteiger partial charge on any atom is 0.751 e. The molecule has 1 N–H and O–H groups in total. The van der Waals surface area contributed by atoms with Gasteiger partial charge < -0.3 is 17.7 Å². The number of carbonyl (C=O) groups is 1. The Bertz CT molecular complexity index is 684. The van der Waals surface area contributed by atoms with Gasteiger partial charge in [0.2, 0.25) is 0 Å². The molecule has 0 fully saturated rings. The van der Waals surface area contributed by atoms with Gasteiger partial charge in [-0.3, -0.25) is 25.7 Å². The lowest BCUT2D eigenvalue weighted by molar-refractivity contribution is -0.393. The molecule has 0 spiro atoms. The van der Waals surface area contributed by atoms with Crippen LogP contribution in [0, 0.1) is 20.2 Å². The van der Waals surface area contributed by atoms with Crippen molar-refractivity contribution in [1.82, 2.24) is 0 Å². The Morgan fingerprint density at radius 1 is 1.16 bits per heavy atom. The molecule has 0 aromatic heterocycles. The lowest BCUT2D eigenvalue weighted by Gasteiger charge is -2.20. The standard InChI is InChI=1S/C11H14N4O9Si/c1-21-25(22-2,23-3)24-11(16)7-12-13-9-5-4-8(14(17)18)6-10(9)15(19)20/h4-7,13H,1-3H3/b12-7+. The van der Waals surface area contributed by atoms with Crippen molar-refractivity contribution in [3.63, 3.8) is 0 Å². The zero-order valence-electron chi connectivity index (χ0n) is 13.3. The number of rotatable bonds is 9. The Labute approximate surface area is 141 Å². The first-order chi connectivity index (χ1) is 11.8. The van der Waals surface area contributed by atoms with Crippen LogP contribution in [0.2, 0.25) is 0 Å². The van der Waals surface area contributed by atoms with E-state index in [1.807, 2.05) is 0 Å². The van der Waals surface area contributed by atoms with Crippen LogP contribution in [0.25, 0.3) is 0 Å². The summed E-state index contributed by atoms with van der Waals surface area (Å²) in [5.74, 6) is -0.991. The molecule has 1 rings (SSSR count). The Morgan fingerprint density at radius 2 is 1.76 bits per heavy atom. The molecule has 0 heterocycles. The number of hydrogen-bond donors (Lipinski definition) is 1. The summed E-state index contributed by atoms with van der Waals surface area (Å²) in [5, 5.41) is 25.1. The van der Waals surface area contributed by atoms with Crippen LogP contribution in [0.4, 0.5) is 17.1 Å². The van der Waals surface area contributed by atoms with Crippen molar-refractivity contribution in [2.75, 3.05) is 26.8 Å². The number of nitrogens with zero attached hydrogens (tertiary/aromatic N) is 3. The highest BCUT2D eigenvalue weighted by Gasteiger charge is 2.46. The van der Waals surface area contributed by atoms with Gasteiger partial charge in [0, 0.05) is 27.4 Å². The van der Waals surface area contributed by atoms with Crippen molar-refractivity contribution in [3.8, 4) is 0 Å². The van der Waals surface area contributed by atoms with Crippen molar-refractivity contribution in [2.45, 2.75) is 0 Å². The Kier molecular flexibility index (Phi) is 7.06. The molecular formula is C11H14N4O9Si. The number of nitro groups is 2. The predicted molar refractivity (Wildman–Crippen MR) is 84.7 cm³/mol. The smallest absolute Gasteiger partial charge is 0.447 e. The van der Waals surface area contributed by atoms with E-state index in [1.165, 1.54) is 21.3 Å². The third kappa shape index (κ3) is 5.28. The largest absolute Gasteiger partial charge is 0.751 e. The summed E-state index contributed by atoms with van der Waals surface area (Å²) in [6, 6.07) is 2.88. The van der Waals surface area contributed by atoms with E-state index in [0.717, 1.165) is 18.2 Å². The summed E-state index contributed by atoms with van der Waals surface area (Å²) in [7, 11) is 0.0626. The quantitative estimate of drug-likeness (QED) is 0.283. The van der Waals surface area contributed by atoms with E-state index in [-0.39, 0.29) is 5.69 Å². The van der Waals surface area contributed by atoms with Gasteiger partial charge in [0.15, 0.2) is 0 Å². The number of carbonyl (C=O) groups excluding carboxylic acids is 1. The molecule has 136 valence electrons. The fourth-order valence-corrected chi connectivity index (χ4v) is 2.61. The number of nitrogens with one attached hydrogen (secondary N) is 1. The van der Waals surface area contributed by atoms with Crippen LogP contribution in [0.15, 0.2) is 23.3 Å². The van der Waals surface area contributed by atoms with Crippen LogP contribution in [0.3, 0.4) is 0 Å². The first-order valence-corrected chi connectivity index (χ1v) is 8.02. The average Bonchev–Trinajstić information content (AvgIpc) is 2.59. The zero-order chi connectivity index (χ0) is 19.0. The van der Waals surface area contributed by atoms with Gasteiger partial charge in [0.05, 0.1) is 15.9 Å². The van der Waals surface area contributed by atoms with E-state index in [1.54, 1.807) is 0 Å². The van der Waals surface area contributed by atoms with Crippen LogP contribution in [-0.4, -0.2) is 52.4 Å². The second-order valence-corrected chi connectivity index (χ2v) is 6.55. The summed E-state index contributed by atoms with van der Waals surface area (Å²) in [6.07, 6.45) is 0.671. The van der Waals surface area contributed by atoms with E-state index < -0.39 is 36.2 Å². The average molecular weight is 374 g/mol. The highest BCUT2D eigenvalue weighted by molar-refractivity contribution is 6.57. The zero-order valence-corrected chi connectivity index (χ0v) is 14.3. The molecule has 0 amide bonds. The number of benzene rings is 1. The molecular weight excluding hydrogens is 360 g/mol. The van der Waals surface area contributed by atoms with Gasteiger partial charge in [-0.15, -0.1) is 0 Å². The van der Waals surface area contributed by atoms with Gasteiger partial charge in [-0.2, -0.15) is 5.10 Å². The van der Waals surface area contributed by atoms with Crippen molar-refractivity contribution < 1.29 is 32.3 Å². The Hall–Kier alpha value is -2.94. The number of anilines is 1. The fraction of sp³-hybridized carbons (Fsp3) is 0.273. The summed E-state index contributed by atoms with van der Waals surface area (Å²) < 4.78 is 19.5. The molecule has 0 radical (unpaired) electrons. The SMILES string of the molecule is CO[Si](OC)(OC)OC(=O)/C=N/Nc1ccc([N+](=O)[O-])cc1[N+](=O)[O-]. The molecule has 1 aromatic rings. The number of nitro benzene ring substituents is 2. The number of hydrazone groups is 1. The summed E-state index contributed by atoms with van der Waals surface area (Å²) >= 11 is 0. The highest BCUT2D eigenvalue weighted by atomic mass is 28.4. The fourth-order valence-electron chi connectivity index (χ4n) is 1.56. The van der Waals surface area contributed by atoms with Gasteiger partial charge in [0.1, 0.15) is 11.9 Å². The molecule has 0 atom stereocenters.